The number of nitrogens with two attached hydrogens (primary N) is 1. The fourth-order valence-corrected chi connectivity index (χ4v) is 4.24. The van der Waals surface area contributed by atoms with Gasteiger partial charge in [0.25, 0.3) is 0 Å². The lowest BCUT2D eigenvalue weighted by Gasteiger charge is -2.37. The summed E-state index contributed by atoms with van der Waals surface area (Å²) in [6, 6.07) is 9.09. The van der Waals surface area contributed by atoms with Crippen molar-refractivity contribution in [3.63, 3.8) is 0 Å². The topological polar surface area (TPSA) is 46.3 Å². The lowest BCUT2D eigenvalue weighted by Crippen LogP contribution is -2.51. The highest BCUT2D eigenvalue weighted by Crippen LogP contribution is 2.46. The molecule has 2 atom stereocenters. The van der Waals surface area contributed by atoms with Gasteiger partial charge in [-0.25, -0.2) is 0 Å². The predicted octanol–water partition coefficient (Wildman–Crippen LogP) is 4.53. The van der Waals surface area contributed by atoms with E-state index in [1.807, 2.05) is 37.3 Å². The molecule has 3 rings (SSSR count). The smallest absolute Gasteiger partial charge is 0.328 e. The number of alkyl halides is 3. The lowest BCUT2D eigenvalue weighted by atomic mass is 9.90. The Bertz CT molecular complexity index is 678. The van der Waals surface area contributed by atoms with Crippen LogP contribution in [-0.4, -0.2) is 35.1 Å². The average molecular weight is 380 g/mol. The highest BCUT2D eigenvalue weighted by Gasteiger charge is 2.54. The molecule has 2 aliphatic rings. The van der Waals surface area contributed by atoms with Crippen molar-refractivity contribution in [3.05, 3.63) is 41.5 Å². The zero-order chi connectivity index (χ0) is 19.6. The molecule has 1 amide bonds. The monoisotopic (exact) mass is 380 g/mol. The molecule has 2 N–H and O–H groups in total. The Hall–Kier alpha value is -1.82. The van der Waals surface area contributed by atoms with Crippen LogP contribution in [0.1, 0.15) is 51.0 Å². The maximum absolute atomic E-state index is 13.2. The van der Waals surface area contributed by atoms with Crippen LogP contribution >= 0.6 is 0 Å². The molecule has 0 unspecified atom stereocenters. The Morgan fingerprint density at radius 3 is 2.37 bits per heavy atom. The Morgan fingerprint density at radius 1 is 1.19 bits per heavy atom. The van der Waals surface area contributed by atoms with Gasteiger partial charge in [0.1, 0.15) is 0 Å². The Labute approximate surface area is 158 Å². The zero-order valence-corrected chi connectivity index (χ0v) is 15.6. The molecule has 2 saturated carbocycles. The molecule has 0 spiro atoms. The predicted molar refractivity (Wildman–Crippen MR) is 99.7 cm³/mol. The maximum Gasteiger partial charge on any atom is 0.471 e. The standard InChI is InChI=1S/C21H27F3N2O/c1-2-15(12-14-6-4-3-5-7-14)18-13-19(18)26(20(27)21(22,23)24)17-10-8-16(25)9-11-17/h3-7,12,16-19H,2,8-11,13,25H2,1H3/b15-12+/t16-,17-,18-,19+/m0/s1. The van der Waals surface area contributed by atoms with Crippen molar-refractivity contribution >= 4 is 12.0 Å². The number of hydrogen-bond donors (Lipinski definition) is 1. The lowest BCUT2D eigenvalue weighted by molar-refractivity contribution is -0.189. The van der Waals surface area contributed by atoms with Crippen LogP contribution in [0.2, 0.25) is 0 Å². The van der Waals surface area contributed by atoms with Gasteiger partial charge in [0, 0.05) is 24.0 Å². The van der Waals surface area contributed by atoms with E-state index in [0.717, 1.165) is 22.5 Å². The fraction of sp³-hybridized carbons (Fsp3) is 0.571. The molecule has 1 aromatic rings. The van der Waals surface area contributed by atoms with Crippen molar-refractivity contribution in [1.29, 1.82) is 0 Å². The average Bonchev–Trinajstić information content (AvgIpc) is 3.41. The molecule has 2 fully saturated rings. The summed E-state index contributed by atoms with van der Waals surface area (Å²) in [7, 11) is 0. The summed E-state index contributed by atoms with van der Waals surface area (Å²) in [4.78, 5) is 13.3. The van der Waals surface area contributed by atoms with Crippen molar-refractivity contribution in [2.75, 3.05) is 0 Å². The largest absolute Gasteiger partial charge is 0.471 e. The van der Waals surface area contributed by atoms with Crippen LogP contribution in [0.3, 0.4) is 0 Å². The van der Waals surface area contributed by atoms with Gasteiger partial charge in [0.15, 0.2) is 0 Å². The van der Waals surface area contributed by atoms with Crippen molar-refractivity contribution in [2.24, 2.45) is 11.7 Å². The summed E-state index contributed by atoms with van der Waals surface area (Å²) in [6.07, 6.45) is 1.04. The molecule has 1 aromatic carbocycles. The molecule has 0 aliphatic heterocycles. The second-order valence-corrected chi connectivity index (χ2v) is 7.67. The molecule has 0 heterocycles. The summed E-state index contributed by atoms with van der Waals surface area (Å²) < 4.78 is 39.7. The fourth-order valence-electron chi connectivity index (χ4n) is 4.24. The molecule has 0 radical (unpaired) electrons. The van der Waals surface area contributed by atoms with E-state index in [2.05, 4.69) is 6.08 Å². The van der Waals surface area contributed by atoms with Gasteiger partial charge < -0.3 is 10.6 Å². The van der Waals surface area contributed by atoms with Gasteiger partial charge in [-0.05, 0) is 44.1 Å². The molecule has 2 aliphatic carbocycles. The Balaban J connectivity index is 1.79. The van der Waals surface area contributed by atoms with Gasteiger partial charge in [-0.1, -0.05) is 48.9 Å². The van der Waals surface area contributed by atoms with Gasteiger partial charge in [0.05, 0.1) is 0 Å². The quantitative estimate of drug-likeness (QED) is 0.816. The number of hydrogen-bond acceptors (Lipinski definition) is 2. The molecule has 6 heteroatoms. The van der Waals surface area contributed by atoms with E-state index in [9.17, 15) is 18.0 Å². The third kappa shape index (κ3) is 4.72. The molecule has 3 nitrogen and oxygen atoms in total. The van der Waals surface area contributed by atoms with E-state index < -0.39 is 12.1 Å². The highest BCUT2D eigenvalue weighted by molar-refractivity contribution is 5.83. The summed E-state index contributed by atoms with van der Waals surface area (Å²) in [5, 5.41) is 0. The van der Waals surface area contributed by atoms with Gasteiger partial charge in [0.2, 0.25) is 0 Å². The first kappa shape index (κ1) is 19.9. The minimum Gasteiger partial charge on any atom is -0.328 e. The summed E-state index contributed by atoms with van der Waals surface area (Å²) in [5.74, 6) is -1.68. The highest BCUT2D eigenvalue weighted by atomic mass is 19.4. The van der Waals surface area contributed by atoms with Gasteiger partial charge in [-0.2, -0.15) is 13.2 Å². The van der Waals surface area contributed by atoms with Crippen molar-refractivity contribution < 1.29 is 18.0 Å². The number of rotatable bonds is 5. The van der Waals surface area contributed by atoms with Gasteiger partial charge in [-0.3, -0.25) is 4.79 Å². The van der Waals surface area contributed by atoms with Crippen LogP contribution < -0.4 is 5.73 Å². The number of amides is 1. The molecule has 0 bridgehead atoms. The van der Waals surface area contributed by atoms with Crippen LogP contribution in [0.4, 0.5) is 13.2 Å². The first-order valence-corrected chi connectivity index (χ1v) is 9.71. The van der Waals surface area contributed by atoms with E-state index in [4.69, 9.17) is 5.73 Å². The molecule has 148 valence electrons. The second kappa shape index (κ2) is 8.05. The van der Waals surface area contributed by atoms with Crippen LogP contribution in [0, 0.1) is 5.92 Å². The number of nitrogens with zero attached hydrogens (tertiary/aromatic N) is 1. The minimum atomic E-state index is -4.83. The minimum absolute atomic E-state index is 0.0112. The van der Waals surface area contributed by atoms with Crippen molar-refractivity contribution in [2.45, 2.75) is 69.8 Å². The summed E-state index contributed by atoms with van der Waals surface area (Å²) in [5.41, 5.74) is 8.05. The van der Waals surface area contributed by atoms with Crippen LogP contribution in [-0.2, 0) is 4.79 Å². The number of carbonyl (C=O) groups is 1. The second-order valence-electron chi connectivity index (χ2n) is 7.67. The Morgan fingerprint density at radius 2 is 1.81 bits per heavy atom. The molecule has 0 saturated heterocycles. The molecular weight excluding hydrogens is 353 g/mol. The SMILES string of the molecule is CC/C(=C\c1ccccc1)[C@@H]1C[C@H]1N(C(=O)C(F)(F)F)[C@H]1CC[C@H](N)CC1. The van der Waals surface area contributed by atoms with Crippen molar-refractivity contribution in [1.82, 2.24) is 4.90 Å². The zero-order valence-electron chi connectivity index (χ0n) is 15.6. The van der Waals surface area contributed by atoms with Gasteiger partial charge >= 0.3 is 12.1 Å². The van der Waals surface area contributed by atoms with E-state index in [1.54, 1.807) is 0 Å². The van der Waals surface area contributed by atoms with E-state index >= 15 is 0 Å². The van der Waals surface area contributed by atoms with Crippen molar-refractivity contribution in [3.8, 4) is 0 Å². The molecule has 27 heavy (non-hydrogen) atoms. The van der Waals surface area contributed by atoms with Crippen LogP contribution in [0.25, 0.3) is 6.08 Å². The first-order chi connectivity index (χ1) is 12.8. The first-order valence-electron chi connectivity index (χ1n) is 9.71. The van der Waals surface area contributed by atoms with Crippen LogP contribution in [0.15, 0.2) is 35.9 Å². The molecular formula is C21H27F3N2O. The van der Waals surface area contributed by atoms with Gasteiger partial charge in [-0.15, -0.1) is 0 Å². The van der Waals surface area contributed by atoms with E-state index in [0.29, 0.717) is 32.1 Å². The summed E-state index contributed by atoms with van der Waals surface area (Å²) in [6.45, 7) is 2.01. The number of benzene rings is 1. The van der Waals surface area contributed by atoms with E-state index in [-0.39, 0.29) is 24.0 Å². The van der Waals surface area contributed by atoms with Crippen LogP contribution in [0.5, 0.6) is 0 Å². The normalized spacial score (nSPS) is 28.7. The number of carbonyl (C=O) groups excluding carboxylic acids is 1. The third-order valence-corrected chi connectivity index (χ3v) is 5.76. The Kier molecular flexibility index (Phi) is 5.94. The summed E-state index contributed by atoms with van der Waals surface area (Å²) >= 11 is 0. The maximum atomic E-state index is 13.2. The van der Waals surface area contributed by atoms with E-state index in [1.165, 1.54) is 0 Å². The molecule has 0 aromatic heterocycles. The number of halogens is 3. The third-order valence-electron chi connectivity index (χ3n) is 5.76.